The highest BCUT2D eigenvalue weighted by Crippen LogP contribution is 2.22. The molecule has 4 nitrogen and oxygen atoms in total. The van der Waals surface area contributed by atoms with E-state index in [0.29, 0.717) is 6.07 Å². The Hall–Kier alpha value is -1.05. The second-order valence-corrected chi connectivity index (χ2v) is 6.59. The molecule has 1 aliphatic heterocycles. The fourth-order valence-corrected chi connectivity index (χ4v) is 3.72. The molecule has 1 fully saturated rings. The van der Waals surface area contributed by atoms with Crippen molar-refractivity contribution in [3.05, 3.63) is 29.8 Å². The van der Waals surface area contributed by atoms with Crippen LogP contribution in [-0.2, 0) is 14.8 Å². The average Bonchev–Trinajstić information content (AvgIpc) is 2.31. The van der Waals surface area contributed by atoms with E-state index in [-0.39, 0.29) is 30.2 Å². The van der Waals surface area contributed by atoms with Gasteiger partial charge in [0.2, 0.25) is 10.0 Å². The number of hydrogen-bond acceptors (Lipinski definition) is 3. The second-order valence-electron chi connectivity index (χ2n) is 4.66. The lowest BCUT2D eigenvalue weighted by Gasteiger charge is -2.34. The van der Waals surface area contributed by atoms with E-state index in [2.05, 4.69) is 0 Å². The van der Waals surface area contributed by atoms with Crippen LogP contribution in [0.15, 0.2) is 23.1 Å². The molecule has 0 N–H and O–H groups in total. The number of rotatable bonds is 2. The minimum atomic E-state index is -3.82. The van der Waals surface area contributed by atoms with E-state index in [1.807, 2.05) is 0 Å². The summed E-state index contributed by atoms with van der Waals surface area (Å²) in [5.74, 6) is -2.24. The van der Waals surface area contributed by atoms with Crippen molar-refractivity contribution in [3.8, 4) is 0 Å². The monoisotopic (exact) mass is 291 g/mol. The molecule has 0 radical (unpaired) electrons. The number of benzene rings is 1. The zero-order valence-corrected chi connectivity index (χ0v) is 11.5. The van der Waals surface area contributed by atoms with E-state index in [9.17, 15) is 17.2 Å². The summed E-state index contributed by atoms with van der Waals surface area (Å²) in [7, 11) is -3.82. The minimum absolute atomic E-state index is 0.200. The van der Waals surface area contributed by atoms with Crippen LogP contribution in [0.1, 0.15) is 13.8 Å². The molecular weight excluding hydrogens is 276 g/mol. The van der Waals surface area contributed by atoms with Gasteiger partial charge < -0.3 is 4.74 Å². The lowest BCUT2D eigenvalue weighted by atomic mass is 10.3. The van der Waals surface area contributed by atoms with Crippen LogP contribution in [-0.4, -0.2) is 38.0 Å². The van der Waals surface area contributed by atoms with E-state index in [1.54, 1.807) is 13.8 Å². The molecular formula is C12H15F2NO3S. The van der Waals surface area contributed by atoms with Crippen molar-refractivity contribution in [2.75, 3.05) is 13.1 Å². The van der Waals surface area contributed by atoms with Gasteiger partial charge in [-0.05, 0) is 32.0 Å². The number of hydrogen-bond donors (Lipinski definition) is 0. The fraction of sp³-hybridized carbons (Fsp3) is 0.500. The summed E-state index contributed by atoms with van der Waals surface area (Å²) in [6.07, 6.45) is -0.465. The smallest absolute Gasteiger partial charge is 0.243 e. The van der Waals surface area contributed by atoms with Gasteiger partial charge in [0, 0.05) is 13.1 Å². The van der Waals surface area contributed by atoms with Gasteiger partial charge in [0.15, 0.2) is 11.6 Å². The quantitative estimate of drug-likeness (QED) is 0.834. The first-order valence-corrected chi connectivity index (χ1v) is 7.35. The van der Waals surface area contributed by atoms with Gasteiger partial charge in [-0.1, -0.05) is 0 Å². The van der Waals surface area contributed by atoms with Gasteiger partial charge in [-0.2, -0.15) is 4.31 Å². The highest BCUT2D eigenvalue weighted by Gasteiger charge is 2.32. The summed E-state index contributed by atoms with van der Waals surface area (Å²) in [4.78, 5) is -0.243. The van der Waals surface area contributed by atoms with Crippen molar-refractivity contribution in [3.63, 3.8) is 0 Å². The zero-order chi connectivity index (χ0) is 14.2. The molecule has 1 saturated heterocycles. The summed E-state index contributed by atoms with van der Waals surface area (Å²) in [6, 6.07) is 2.59. The summed E-state index contributed by atoms with van der Waals surface area (Å²) >= 11 is 0. The van der Waals surface area contributed by atoms with Crippen LogP contribution < -0.4 is 0 Å². The zero-order valence-electron chi connectivity index (χ0n) is 10.6. The highest BCUT2D eigenvalue weighted by molar-refractivity contribution is 7.89. The highest BCUT2D eigenvalue weighted by atomic mass is 32.2. The number of morpholine rings is 1. The predicted molar refractivity (Wildman–Crippen MR) is 65.1 cm³/mol. The van der Waals surface area contributed by atoms with Crippen LogP contribution >= 0.6 is 0 Å². The molecule has 0 unspecified atom stereocenters. The number of nitrogens with zero attached hydrogens (tertiary/aromatic N) is 1. The molecule has 1 aromatic carbocycles. The van der Waals surface area contributed by atoms with E-state index in [1.165, 1.54) is 4.31 Å². The molecule has 0 spiro atoms. The van der Waals surface area contributed by atoms with Crippen LogP contribution in [0.5, 0.6) is 0 Å². The molecule has 106 valence electrons. The molecule has 1 aromatic rings. The lowest BCUT2D eigenvalue weighted by molar-refractivity contribution is -0.0440. The van der Waals surface area contributed by atoms with Crippen molar-refractivity contribution >= 4 is 10.0 Å². The van der Waals surface area contributed by atoms with E-state index in [4.69, 9.17) is 4.74 Å². The van der Waals surface area contributed by atoms with Crippen LogP contribution in [0.4, 0.5) is 8.78 Å². The molecule has 2 atom stereocenters. The Bertz CT molecular complexity index is 566. The summed E-state index contributed by atoms with van der Waals surface area (Å²) in [5.41, 5.74) is 0. The predicted octanol–water partition coefficient (Wildman–Crippen LogP) is 1.76. The summed E-state index contributed by atoms with van der Waals surface area (Å²) < 4.78 is 57.3. The Balaban J connectivity index is 2.33. The number of ether oxygens (including phenoxy) is 1. The van der Waals surface area contributed by atoms with Gasteiger partial charge in [0.05, 0.1) is 17.1 Å². The van der Waals surface area contributed by atoms with Gasteiger partial charge in [-0.25, -0.2) is 17.2 Å². The van der Waals surface area contributed by atoms with Crippen LogP contribution in [0.2, 0.25) is 0 Å². The lowest BCUT2D eigenvalue weighted by Crippen LogP contribution is -2.48. The summed E-state index contributed by atoms with van der Waals surface area (Å²) in [6.45, 7) is 3.93. The third kappa shape index (κ3) is 2.93. The second kappa shape index (κ2) is 5.15. The molecule has 0 aromatic heterocycles. The Labute approximate surface area is 111 Å². The molecule has 7 heteroatoms. The number of sulfonamides is 1. The Morgan fingerprint density at radius 3 is 2.26 bits per heavy atom. The molecule has 19 heavy (non-hydrogen) atoms. The molecule has 0 amide bonds. The molecule has 0 saturated carbocycles. The van der Waals surface area contributed by atoms with Gasteiger partial charge in [-0.3, -0.25) is 0 Å². The molecule has 1 aliphatic rings. The molecule has 0 aliphatic carbocycles. The maximum absolute atomic E-state index is 13.1. The molecule has 2 rings (SSSR count). The first-order valence-electron chi connectivity index (χ1n) is 5.91. The maximum Gasteiger partial charge on any atom is 0.243 e. The first-order chi connectivity index (χ1) is 8.80. The van der Waals surface area contributed by atoms with Crippen molar-refractivity contribution in [1.29, 1.82) is 0 Å². The van der Waals surface area contributed by atoms with E-state index in [0.717, 1.165) is 12.1 Å². The fourth-order valence-electron chi connectivity index (χ4n) is 2.11. The standard InChI is InChI=1S/C12H15F2NO3S/c1-8-6-15(7-9(2)18-8)19(16,17)10-3-4-11(13)12(14)5-10/h3-5,8-9H,6-7H2,1-2H3/t8-,9-/m0/s1. The largest absolute Gasteiger partial charge is 0.373 e. The van der Waals surface area contributed by atoms with E-state index < -0.39 is 21.7 Å². The Kier molecular flexibility index (Phi) is 3.89. The minimum Gasteiger partial charge on any atom is -0.373 e. The van der Waals surface area contributed by atoms with Crippen molar-refractivity contribution in [2.24, 2.45) is 0 Å². The Morgan fingerprint density at radius 2 is 1.74 bits per heavy atom. The van der Waals surface area contributed by atoms with E-state index >= 15 is 0 Å². The molecule has 1 heterocycles. The van der Waals surface area contributed by atoms with Crippen LogP contribution in [0, 0.1) is 11.6 Å². The maximum atomic E-state index is 13.1. The first kappa shape index (κ1) is 14.4. The Morgan fingerprint density at radius 1 is 1.16 bits per heavy atom. The number of halogens is 2. The van der Waals surface area contributed by atoms with Gasteiger partial charge >= 0.3 is 0 Å². The van der Waals surface area contributed by atoms with Crippen LogP contribution in [0.3, 0.4) is 0 Å². The van der Waals surface area contributed by atoms with Gasteiger partial charge in [-0.15, -0.1) is 0 Å². The van der Waals surface area contributed by atoms with Crippen molar-refractivity contribution in [1.82, 2.24) is 4.31 Å². The molecule has 0 bridgehead atoms. The average molecular weight is 291 g/mol. The topological polar surface area (TPSA) is 46.6 Å². The summed E-state index contributed by atoms with van der Waals surface area (Å²) in [5, 5.41) is 0. The third-order valence-corrected chi connectivity index (χ3v) is 4.74. The van der Waals surface area contributed by atoms with Crippen LogP contribution in [0.25, 0.3) is 0 Å². The van der Waals surface area contributed by atoms with Gasteiger partial charge in [0.1, 0.15) is 0 Å². The SMILES string of the molecule is C[C@H]1CN(S(=O)(=O)c2ccc(F)c(F)c2)C[C@H](C)O1. The third-order valence-electron chi connectivity index (χ3n) is 2.91. The van der Waals surface area contributed by atoms with Gasteiger partial charge in [0.25, 0.3) is 0 Å². The van der Waals surface area contributed by atoms with Crippen molar-refractivity contribution in [2.45, 2.75) is 31.0 Å². The normalized spacial score (nSPS) is 25.5. The van der Waals surface area contributed by atoms with Crippen molar-refractivity contribution < 1.29 is 21.9 Å².